The summed E-state index contributed by atoms with van der Waals surface area (Å²) in [4.78, 5) is 7.16. The van der Waals surface area contributed by atoms with Crippen molar-refractivity contribution in [2.45, 2.75) is 25.8 Å². The molecule has 2 aromatic heterocycles. The average molecular weight is 435 g/mol. The van der Waals surface area contributed by atoms with Crippen LogP contribution in [0.3, 0.4) is 0 Å². The lowest BCUT2D eigenvalue weighted by Crippen LogP contribution is -2.28. The largest absolute Gasteiger partial charge is 0.467 e. The summed E-state index contributed by atoms with van der Waals surface area (Å²) in [5.41, 5.74) is 4.50. The number of likely N-dealkylation sites (tertiary alicyclic amines) is 1. The smallest absolute Gasteiger partial charge is 0.153 e. The summed E-state index contributed by atoms with van der Waals surface area (Å²) in [5.74, 6) is 1.48. The van der Waals surface area contributed by atoms with Crippen LogP contribution in [0, 0.1) is 11.3 Å². The van der Waals surface area contributed by atoms with Gasteiger partial charge in [-0.05, 0) is 42.5 Å². The minimum atomic E-state index is 0.491. The summed E-state index contributed by atoms with van der Waals surface area (Å²) in [6.45, 7) is 2.49. The van der Waals surface area contributed by atoms with E-state index in [1.807, 2.05) is 54.9 Å². The Morgan fingerprint density at radius 1 is 0.879 bits per heavy atom. The molecule has 1 aliphatic heterocycles. The fourth-order valence-corrected chi connectivity index (χ4v) is 4.51. The third-order valence-corrected chi connectivity index (χ3v) is 6.09. The Morgan fingerprint density at radius 3 is 2.21 bits per heavy atom. The Labute approximate surface area is 194 Å². The van der Waals surface area contributed by atoms with Crippen molar-refractivity contribution >= 4 is 12.2 Å². The molecule has 0 N–H and O–H groups in total. The summed E-state index contributed by atoms with van der Waals surface area (Å²) >= 11 is 0. The predicted octanol–water partition coefficient (Wildman–Crippen LogP) is 6.48. The van der Waals surface area contributed by atoms with Gasteiger partial charge in [0, 0.05) is 18.7 Å². The molecule has 0 unspecified atom stereocenters. The Bertz CT molecular complexity index is 1260. The lowest BCUT2D eigenvalue weighted by atomic mass is 9.98. The number of nitriles is 1. The maximum absolute atomic E-state index is 10.3. The molecule has 0 spiro atoms. The normalized spacial score (nSPS) is 14.0. The van der Waals surface area contributed by atoms with E-state index in [4.69, 9.17) is 9.41 Å². The van der Waals surface area contributed by atoms with Crippen LogP contribution in [-0.2, 0) is 6.54 Å². The number of furan rings is 1. The van der Waals surface area contributed by atoms with Gasteiger partial charge in [0.15, 0.2) is 5.82 Å². The molecule has 0 atom stereocenters. The monoisotopic (exact) mass is 434 g/mol. The Kier molecular flexibility index (Phi) is 6.08. The van der Waals surface area contributed by atoms with Crippen molar-refractivity contribution in [3.63, 3.8) is 0 Å². The van der Waals surface area contributed by atoms with Crippen LogP contribution in [0.2, 0.25) is 0 Å². The Morgan fingerprint density at radius 2 is 1.58 bits per heavy atom. The van der Waals surface area contributed by atoms with Crippen LogP contribution in [0.1, 0.15) is 30.6 Å². The second-order valence-electron chi connectivity index (χ2n) is 8.27. The van der Waals surface area contributed by atoms with Crippen molar-refractivity contribution in [1.29, 1.82) is 5.26 Å². The number of aliphatic imine (C=N–C) groups is 1. The van der Waals surface area contributed by atoms with Crippen LogP contribution in [0.4, 0.5) is 5.82 Å². The van der Waals surface area contributed by atoms with E-state index in [2.05, 4.69) is 39.8 Å². The quantitative estimate of drug-likeness (QED) is 0.258. The fraction of sp³-hybridized carbons (Fsp3) is 0.214. The molecule has 1 saturated heterocycles. The minimum Gasteiger partial charge on any atom is -0.467 e. The molecule has 33 heavy (non-hydrogen) atoms. The molecular formula is C28H26N4O. The van der Waals surface area contributed by atoms with Gasteiger partial charge in [-0.1, -0.05) is 60.7 Å². The van der Waals surface area contributed by atoms with Crippen LogP contribution >= 0.6 is 0 Å². The predicted molar refractivity (Wildman–Crippen MR) is 131 cm³/mol. The molecule has 0 bridgehead atoms. The number of nitrogens with zero attached hydrogens (tertiary/aromatic N) is 4. The summed E-state index contributed by atoms with van der Waals surface area (Å²) in [7, 11) is 0. The summed E-state index contributed by atoms with van der Waals surface area (Å²) < 4.78 is 7.82. The van der Waals surface area contributed by atoms with Crippen molar-refractivity contribution in [3.8, 4) is 28.5 Å². The highest BCUT2D eigenvalue weighted by molar-refractivity contribution is 5.91. The lowest BCUT2D eigenvalue weighted by Gasteiger charge is -2.23. The van der Waals surface area contributed by atoms with E-state index in [-0.39, 0.29) is 0 Å². The maximum atomic E-state index is 10.3. The zero-order chi connectivity index (χ0) is 22.5. The molecule has 3 heterocycles. The highest BCUT2D eigenvalue weighted by atomic mass is 16.3. The van der Waals surface area contributed by atoms with Gasteiger partial charge in [0.1, 0.15) is 17.4 Å². The third kappa shape index (κ3) is 4.33. The minimum absolute atomic E-state index is 0.491. The maximum Gasteiger partial charge on any atom is 0.153 e. The van der Waals surface area contributed by atoms with E-state index in [1.165, 1.54) is 19.3 Å². The second kappa shape index (κ2) is 9.62. The number of benzene rings is 2. The molecule has 164 valence electrons. The van der Waals surface area contributed by atoms with E-state index in [0.717, 1.165) is 41.2 Å². The molecule has 0 amide bonds. The first-order chi connectivity index (χ1) is 16.3. The summed E-state index contributed by atoms with van der Waals surface area (Å²) in [5, 5.41) is 10.3. The Balaban J connectivity index is 1.75. The van der Waals surface area contributed by atoms with E-state index in [9.17, 15) is 5.26 Å². The molecule has 5 nitrogen and oxygen atoms in total. The molecule has 1 fully saturated rings. The number of hydrogen-bond acceptors (Lipinski definition) is 3. The van der Waals surface area contributed by atoms with E-state index in [0.29, 0.717) is 17.9 Å². The van der Waals surface area contributed by atoms with Crippen LogP contribution in [0.15, 0.2) is 88.5 Å². The van der Waals surface area contributed by atoms with Crippen molar-refractivity contribution in [2.24, 2.45) is 4.99 Å². The van der Waals surface area contributed by atoms with Crippen LogP contribution in [0.25, 0.3) is 22.4 Å². The standard InChI is InChI=1S/C28H26N4O/c29-19-25-26(22-11-4-1-5-12-22)27(23-13-6-2-7-14-23)32(20-24-15-10-18-33-24)28(25)30-21-31-16-8-3-9-17-31/h1-2,4-7,10-15,18,21H,3,8-9,16-17,20H2/b30-21+. The van der Waals surface area contributed by atoms with Crippen LogP contribution < -0.4 is 0 Å². The molecule has 5 rings (SSSR count). The van der Waals surface area contributed by atoms with E-state index < -0.39 is 0 Å². The second-order valence-corrected chi connectivity index (χ2v) is 8.27. The van der Waals surface area contributed by atoms with Gasteiger partial charge < -0.3 is 13.9 Å². The first kappa shape index (κ1) is 20.8. The third-order valence-electron chi connectivity index (χ3n) is 6.09. The lowest BCUT2D eigenvalue weighted by molar-refractivity contribution is 0.351. The molecule has 0 saturated carbocycles. The van der Waals surface area contributed by atoms with Gasteiger partial charge in [-0.2, -0.15) is 5.26 Å². The zero-order valence-electron chi connectivity index (χ0n) is 18.5. The van der Waals surface area contributed by atoms with Crippen molar-refractivity contribution < 1.29 is 4.42 Å². The molecular weight excluding hydrogens is 408 g/mol. The Hall–Kier alpha value is -4.04. The highest BCUT2D eigenvalue weighted by Gasteiger charge is 2.25. The molecule has 5 heteroatoms. The SMILES string of the molecule is N#Cc1c(-c2ccccc2)c(-c2ccccc2)n(Cc2ccco2)c1/N=C/N1CCCCC1. The average Bonchev–Trinajstić information content (AvgIpc) is 3.50. The van der Waals surface area contributed by atoms with Gasteiger partial charge in [0.05, 0.1) is 24.8 Å². The van der Waals surface area contributed by atoms with E-state index in [1.54, 1.807) is 6.26 Å². The van der Waals surface area contributed by atoms with Crippen molar-refractivity contribution in [2.75, 3.05) is 13.1 Å². The zero-order valence-corrected chi connectivity index (χ0v) is 18.5. The van der Waals surface area contributed by atoms with Gasteiger partial charge in [-0.15, -0.1) is 0 Å². The molecule has 4 aromatic rings. The van der Waals surface area contributed by atoms with Crippen LogP contribution in [-0.4, -0.2) is 28.9 Å². The van der Waals surface area contributed by atoms with E-state index >= 15 is 0 Å². The highest BCUT2D eigenvalue weighted by Crippen LogP contribution is 2.43. The van der Waals surface area contributed by atoms with Crippen molar-refractivity contribution in [1.82, 2.24) is 9.47 Å². The number of rotatable bonds is 6. The molecule has 2 aromatic carbocycles. The first-order valence-electron chi connectivity index (χ1n) is 11.4. The number of hydrogen-bond donors (Lipinski definition) is 0. The molecule has 0 aliphatic carbocycles. The van der Waals surface area contributed by atoms with Crippen molar-refractivity contribution in [3.05, 3.63) is 90.4 Å². The fourth-order valence-electron chi connectivity index (χ4n) is 4.51. The summed E-state index contributed by atoms with van der Waals surface area (Å²) in [6.07, 6.45) is 7.21. The number of aromatic nitrogens is 1. The van der Waals surface area contributed by atoms with Crippen LogP contribution in [0.5, 0.6) is 0 Å². The van der Waals surface area contributed by atoms with Gasteiger partial charge >= 0.3 is 0 Å². The summed E-state index contributed by atoms with van der Waals surface area (Å²) in [6, 6.07) is 26.7. The topological polar surface area (TPSA) is 57.5 Å². The van der Waals surface area contributed by atoms with Gasteiger partial charge in [-0.3, -0.25) is 0 Å². The van der Waals surface area contributed by atoms with Gasteiger partial charge in [-0.25, -0.2) is 4.99 Å². The van der Waals surface area contributed by atoms with Gasteiger partial charge in [0.2, 0.25) is 0 Å². The molecule has 1 aliphatic rings. The first-order valence-corrected chi connectivity index (χ1v) is 11.4. The van der Waals surface area contributed by atoms with Gasteiger partial charge in [0.25, 0.3) is 0 Å². The molecule has 0 radical (unpaired) electrons. The number of piperidine rings is 1.